The van der Waals surface area contributed by atoms with E-state index in [1.54, 1.807) is 4.90 Å². The first-order valence-electron chi connectivity index (χ1n) is 18.6. The molecule has 0 aromatic carbocycles. The predicted molar refractivity (Wildman–Crippen MR) is 173 cm³/mol. The van der Waals surface area contributed by atoms with Crippen LogP contribution < -0.4 is 16.0 Å². The zero-order valence-electron chi connectivity index (χ0n) is 28.3. The first kappa shape index (κ1) is 32.1. The zero-order valence-corrected chi connectivity index (χ0v) is 28.3. The van der Waals surface area contributed by atoms with Crippen LogP contribution in [-0.4, -0.2) is 64.5 Å². The molecule has 9 nitrogen and oxygen atoms in total. The number of hydrogen-bond acceptors (Lipinski definition) is 5. The van der Waals surface area contributed by atoms with Gasteiger partial charge in [-0.05, 0) is 117 Å². The maximum atomic E-state index is 14.6. The summed E-state index contributed by atoms with van der Waals surface area (Å²) in [5.74, 6) is 0.797. The Balaban J connectivity index is 1.09. The summed E-state index contributed by atoms with van der Waals surface area (Å²) < 4.78 is 0. The van der Waals surface area contributed by atoms with Gasteiger partial charge in [0.05, 0.1) is 0 Å². The largest absolute Gasteiger partial charge is 0.347 e. The number of rotatable bonds is 9. The topological polar surface area (TPSA) is 125 Å². The van der Waals surface area contributed by atoms with E-state index in [2.05, 4.69) is 16.0 Å². The molecule has 8 fully saturated rings. The molecule has 9 heteroatoms. The van der Waals surface area contributed by atoms with Gasteiger partial charge in [-0.2, -0.15) is 0 Å². The minimum Gasteiger partial charge on any atom is -0.347 e. The van der Waals surface area contributed by atoms with Gasteiger partial charge in [-0.25, -0.2) is 0 Å². The van der Waals surface area contributed by atoms with Gasteiger partial charge in [0.1, 0.15) is 17.6 Å². The van der Waals surface area contributed by atoms with E-state index in [0.717, 1.165) is 88.4 Å². The quantitative estimate of drug-likeness (QED) is 0.324. The number of ketones is 1. The number of amides is 4. The van der Waals surface area contributed by atoms with Crippen molar-refractivity contribution < 1.29 is 24.0 Å². The van der Waals surface area contributed by atoms with Gasteiger partial charge in [-0.3, -0.25) is 24.0 Å². The lowest BCUT2D eigenvalue weighted by Crippen LogP contribution is -2.64. The molecule has 4 amide bonds. The number of nitrogens with one attached hydrogen (secondary N) is 3. The monoisotopic (exact) mass is 636 g/mol. The fraction of sp³-hybridized carbons (Fsp3) is 0.865. The Morgan fingerprint density at radius 1 is 0.826 bits per heavy atom. The highest BCUT2D eigenvalue weighted by Crippen LogP contribution is 2.61. The van der Waals surface area contributed by atoms with Crippen molar-refractivity contribution >= 4 is 29.4 Å². The number of Topliss-reactive ketones (excluding diaryl/α,β-unsaturated/α-hetero) is 1. The summed E-state index contributed by atoms with van der Waals surface area (Å²) in [4.78, 5) is 71.1. The van der Waals surface area contributed by atoms with Crippen LogP contribution in [0.5, 0.6) is 0 Å². The second kappa shape index (κ2) is 11.9. The third-order valence-electron chi connectivity index (χ3n) is 13.2. The normalized spacial score (nSPS) is 36.5. The molecule has 3 N–H and O–H groups in total. The van der Waals surface area contributed by atoms with Crippen molar-refractivity contribution in [3.05, 3.63) is 0 Å². The van der Waals surface area contributed by atoms with Crippen molar-refractivity contribution in [3.63, 3.8) is 0 Å². The Morgan fingerprint density at radius 2 is 1.46 bits per heavy atom. The van der Waals surface area contributed by atoms with Crippen LogP contribution in [0.25, 0.3) is 0 Å². The van der Waals surface area contributed by atoms with Crippen molar-refractivity contribution in [1.29, 1.82) is 0 Å². The van der Waals surface area contributed by atoms with Gasteiger partial charge in [0.25, 0.3) is 5.91 Å². The van der Waals surface area contributed by atoms with Gasteiger partial charge in [-0.1, -0.05) is 46.5 Å². The number of hydrogen-bond donors (Lipinski definition) is 3. The molecule has 0 unspecified atom stereocenters. The second-order valence-electron chi connectivity index (χ2n) is 18.0. The van der Waals surface area contributed by atoms with E-state index in [4.69, 9.17) is 0 Å². The van der Waals surface area contributed by atoms with Crippen molar-refractivity contribution in [2.24, 2.45) is 40.4 Å². The summed E-state index contributed by atoms with van der Waals surface area (Å²) >= 11 is 0. The summed E-state index contributed by atoms with van der Waals surface area (Å²) in [7, 11) is 0. The Kier molecular flexibility index (Phi) is 8.31. The molecule has 4 bridgehead atoms. The van der Waals surface area contributed by atoms with Gasteiger partial charge in [0.2, 0.25) is 23.5 Å². The lowest BCUT2D eigenvalue weighted by Gasteiger charge is -2.56. The van der Waals surface area contributed by atoms with E-state index in [1.165, 1.54) is 19.3 Å². The molecule has 4 atom stereocenters. The highest BCUT2D eigenvalue weighted by Gasteiger charge is 2.55. The maximum absolute atomic E-state index is 14.6. The number of carbonyl (C=O) groups is 5. The molecule has 0 spiro atoms. The fourth-order valence-electron chi connectivity index (χ4n) is 11.3. The molecule has 46 heavy (non-hydrogen) atoms. The summed E-state index contributed by atoms with van der Waals surface area (Å²) in [6.07, 6.45) is 15.8. The minimum atomic E-state index is -1.23. The van der Waals surface area contributed by atoms with E-state index in [9.17, 15) is 24.0 Å². The van der Waals surface area contributed by atoms with Gasteiger partial charge >= 0.3 is 0 Å². The molecular formula is C37H56N4O5. The summed E-state index contributed by atoms with van der Waals surface area (Å²) in [5, 5.41) is 9.17. The average Bonchev–Trinajstić information content (AvgIpc) is 3.54. The zero-order chi connectivity index (χ0) is 32.4. The molecule has 1 saturated heterocycles. The standard InChI is InChI=1S/C37H56N4O5/c1-35(2,3)30(39-28(42)20-36-17-22-14-23(18-36)16-24(15-22)19-36)34(46)41-21-25-8-7-9-27(25)29(41)32(44)40-37(12-5-4-6-13-37)31(43)33(45)38-26-10-11-26/h22-27,29-30H,4-21H2,1-3H3,(H,38,45)(H,39,42)(H,40,44)/t22?,23?,24?,25-,27-,29-,30+,36?/m0/s1. The van der Waals surface area contributed by atoms with Crippen LogP contribution in [0.4, 0.5) is 0 Å². The Morgan fingerprint density at radius 3 is 2.04 bits per heavy atom. The molecule has 1 aliphatic heterocycles. The van der Waals surface area contributed by atoms with Gasteiger partial charge in [-0.15, -0.1) is 0 Å². The molecule has 7 saturated carbocycles. The Bertz CT molecular complexity index is 1230. The van der Waals surface area contributed by atoms with Crippen molar-refractivity contribution in [3.8, 4) is 0 Å². The van der Waals surface area contributed by atoms with Crippen LogP contribution >= 0.6 is 0 Å². The third kappa shape index (κ3) is 6.13. The van der Waals surface area contributed by atoms with Crippen molar-refractivity contribution in [2.45, 2.75) is 154 Å². The molecule has 1 heterocycles. The third-order valence-corrected chi connectivity index (χ3v) is 13.2. The number of nitrogens with zero attached hydrogens (tertiary/aromatic N) is 1. The molecule has 8 rings (SSSR count). The van der Waals surface area contributed by atoms with Gasteiger partial charge in [0.15, 0.2) is 0 Å². The lowest BCUT2D eigenvalue weighted by molar-refractivity contribution is -0.148. The molecule has 254 valence electrons. The first-order valence-corrected chi connectivity index (χ1v) is 18.6. The molecule has 7 aliphatic carbocycles. The first-order chi connectivity index (χ1) is 21.8. The van der Waals surface area contributed by atoms with Crippen LogP contribution in [-0.2, 0) is 24.0 Å². The lowest BCUT2D eigenvalue weighted by atomic mass is 9.49. The number of carbonyl (C=O) groups excluding carboxylic acids is 5. The molecule has 8 aliphatic rings. The van der Waals surface area contributed by atoms with E-state index >= 15 is 0 Å². The average molecular weight is 637 g/mol. The van der Waals surface area contributed by atoms with Crippen LogP contribution in [0, 0.1) is 40.4 Å². The molecule has 0 aromatic rings. The highest BCUT2D eigenvalue weighted by atomic mass is 16.2. The SMILES string of the molecule is CC(C)(C)[C@H](NC(=O)CC12CC3CC(CC(C3)C1)C2)C(=O)N1C[C@@H]2CCC[C@@H]2[C@H]1C(=O)NC1(C(=O)C(=O)NC2CC2)CCCCC1. The van der Waals surface area contributed by atoms with E-state index in [0.29, 0.717) is 25.8 Å². The number of likely N-dealkylation sites (tertiary alicyclic amines) is 1. The fourth-order valence-corrected chi connectivity index (χ4v) is 11.3. The van der Waals surface area contributed by atoms with Crippen LogP contribution in [0.2, 0.25) is 0 Å². The van der Waals surface area contributed by atoms with Gasteiger partial charge < -0.3 is 20.9 Å². The van der Waals surface area contributed by atoms with Crippen LogP contribution in [0.3, 0.4) is 0 Å². The van der Waals surface area contributed by atoms with Crippen LogP contribution in [0.1, 0.15) is 130 Å². The summed E-state index contributed by atoms with van der Waals surface area (Å²) in [5.41, 5.74) is -1.70. The van der Waals surface area contributed by atoms with E-state index < -0.39 is 34.7 Å². The highest BCUT2D eigenvalue weighted by molar-refractivity contribution is 6.40. The smallest absolute Gasteiger partial charge is 0.290 e. The number of fused-ring (bicyclic) bond motifs is 1. The molecule has 0 radical (unpaired) electrons. The van der Waals surface area contributed by atoms with Crippen molar-refractivity contribution in [2.75, 3.05) is 6.54 Å². The van der Waals surface area contributed by atoms with Crippen molar-refractivity contribution in [1.82, 2.24) is 20.9 Å². The van der Waals surface area contributed by atoms with E-state index in [1.807, 2.05) is 20.8 Å². The second-order valence-corrected chi connectivity index (χ2v) is 18.0. The van der Waals surface area contributed by atoms with Crippen LogP contribution in [0.15, 0.2) is 0 Å². The maximum Gasteiger partial charge on any atom is 0.290 e. The molecular weight excluding hydrogens is 580 g/mol. The molecule has 0 aromatic heterocycles. The summed E-state index contributed by atoms with van der Waals surface area (Å²) in [6, 6.07) is -1.40. The van der Waals surface area contributed by atoms with Gasteiger partial charge in [0, 0.05) is 19.0 Å². The Hall–Kier alpha value is -2.45. The summed E-state index contributed by atoms with van der Waals surface area (Å²) in [6.45, 7) is 6.45. The van der Waals surface area contributed by atoms with E-state index in [-0.39, 0.29) is 41.0 Å². The Labute approximate surface area is 274 Å². The predicted octanol–water partition coefficient (Wildman–Crippen LogP) is 4.42. The minimum absolute atomic E-state index is 0.0170.